The van der Waals surface area contributed by atoms with E-state index in [9.17, 15) is 4.79 Å². The van der Waals surface area contributed by atoms with Crippen molar-refractivity contribution in [1.29, 1.82) is 0 Å². The topological polar surface area (TPSA) is 70.6 Å². The Hall–Kier alpha value is -3.16. The van der Waals surface area contributed by atoms with Crippen LogP contribution in [-0.2, 0) is 17.8 Å². The summed E-state index contributed by atoms with van der Waals surface area (Å²) in [5.41, 5.74) is 3.71. The Kier molecular flexibility index (Phi) is 8.11. The van der Waals surface area contributed by atoms with Gasteiger partial charge in [0.2, 0.25) is 0 Å². The van der Waals surface area contributed by atoms with Gasteiger partial charge < -0.3 is 19.9 Å². The highest BCUT2D eigenvalue weighted by Crippen LogP contribution is 2.29. The lowest BCUT2D eigenvalue weighted by molar-refractivity contribution is 0.180. The first-order valence-electron chi connectivity index (χ1n) is 12.2. The number of benzene rings is 2. The number of carbonyl (C=O) groups excluding carboxylic acids is 1. The van der Waals surface area contributed by atoms with Crippen molar-refractivity contribution in [3.8, 4) is 11.4 Å². The number of halogens is 1. The number of urea groups is 1. The summed E-state index contributed by atoms with van der Waals surface area (Å²) in [6.45, 7) is 8.96. The van der Waals surface area contributed by atoms with E-state index in [0.29, 0.717) is 50.1 Å². The van der Waals surface area contributed by atoms with Crippen LogP contribution in [0.1, 0.15) is 37.6 Å². The van der Waals surface area contributed by atoms with Crippen molar-refractivity contribution < 1.29 is 9.53 Å². The quantitative estimate of drug-likeness (QED) is 0.498. The summed E-state index contributed by atoms with van der Waals surface area (Å²) in [5.74, 6) is 1.56. The molecule has 2 amide bonds. The van der Waals surface area contributed by atoms with Gasteiger partial charge in [0.1, 0.15) is 5.82 Å². The number of rotatable bonds is 6. The average Bonchev–Trinajstić information content (AvgIpc) is 2.86. The molecular formula is C28H34ClN5O2. The largest absolute Gasteiger partial charge is 0.378 e. The number of methoxy groups -OCH3 is 1. The summed E-state index contributed by atoms with van der Waals surface area (Å²) in [6.07, 6.45) is 0.658. The molecule has 4 rings (SSSR count). The van der Waals surface area contributed by atoms with Gasteiger partial charge in [0, 0.05) is 61.4 Å². The predicted octanol–water partition coefficient (Wildman–Crippen LogP) is 5.16. The molecular weight excluding hydrogens is 474 g/mol. The number of piperazine rings is 1. The second-order valence-electron chi connectivity index (χ2n) is 10.1. The molecule has 1 aromatic heterocycles. The molecule has 0 atom stereocenters. The third kappa shape index (κ3) is 6.53. The molecule has 1 N–H and O–H groups in total. The molecule has 1 saturated heterocycles. The molecule has 0 bridgehead atoms. The van der Waals surface area contributed by atoms with Crippen LogP contribution in [0.25, 0.3) is 11.4 Å². The Morgan fingerprint density at radius 1 is 1.00 bits per heavy atom. The highest BCUT2D eigenvalue weighted by molar-refractivity contribution is 6.30. The highest BCUT2D eigenvalue weighted by atomic mass is 35.5. The van der Waals surface area contributed by atoms with Crippen LogP contribution in [0.5, 0.6) is 0 Å². The van der Waals surface area contributed by atoms with Crippen molar-refractivity contribution in [2.45, 2.75) is 39.3 Å². The Bertz CT molecular complexity index is 1170. The third-order valence-electron chi connectivity index (χ3n) is 6.03. The highest BCUT2D eigenvalue weighted by Gasteiger charge is 2.27. The van der Waals surface area contributed by atoms with E-state index in [4.69, 9.17) is 26.3 Å². The minimum atomic E-state index is -0.272. The van der Waals surface area contributed by atoms with Crippen molar-refractivity contribution >= 4 is 23.4 Å². The van der Waals surface area contributed by atoms with Gasteiger partial charge in [-0.3, -0.25) is 0 Å². The van der Waals surface area contributed by atoms with Crippen LogP contribution in [0, 0.1) is 0 Å². The molecule has 3 aromatic rings. The number of carbonyl (C=O) groups is 1. The summed E-state index contributed by atoms with van der Waals surface area (Å²) >= 11 is 6.13. The Labute approximate surface area is 218 Å². The maximum absolute atomic E-state index is 12.7. The first kappa shape index (κ1) is 25.9. The fourth-order valence-corrected chi connectivity index (χ4v) is 4.39. The molecule has 1 aliphatic heterocycles. The van der Waals surface area contributed by atoms with E-state index in [1.807, 2.05) is 80.3 Å². The number of hydrogen-bond acceptors (Lipinski definition) is 5. The average molecular weight is 508 g/mol. The first-order chi connectivity index (χ1) is 17.2. The van der Waals surface area contributed by atoms with Gasteiger partial charge in [-0.2, -0.15) is 0 Å². The fourth-order valence-electron chi connectivity index (χ4n) is 4.26. The lowest BCUT2D eigenvalue weighted by Crippen LogP contribution is -2.55. The lowest BCUT2D eigenvalue weighted by atomic mass is 10.0. The summed E-state index contributed by atoms with van der Waals surface area (Å²) in [4.78, 5) is 26.8. The molecule has 2 heterocycles. The lowest BCUT2D eigenvalue weighted by Gasteiger charge is -2.37. The minimum absolute atomic E-state index is 0.0312. The minimum Gasteiger partial charge on any atom is -0.378 e. The van der Waals surface area contributed by atoms with Crippen LogP contribution in [-0.4, -0.2) is 59.7 Å². The van der Waals surface area contributed by atoms with Gasteiger partial charge in [-0.25, -0.2) is 14.8 Å². The number of anilines is 1. The molecule has 1 fully saturated rings. The standard InChI is InChI=1S/C28H34ClN5O2/c1-28(2,3)32-27(35)34-16-14-33(15-17-34)26-23(18-20-10-12-22(29)13-11-20)24(19-36-4)30-25(31-26)21-8-6-5-7-9-21/h5-13H,14-19H2,1-4H3,(H,32,35). The fraction of sp³-hybridized carbons (Fsp3) is 0.393. The van der Waals surface area contributed by atoms with E-state index in [1.54, 1.807) is 7.11 Å². The normalized spacial score (nSPS) is 14.1. The number of nitrogens with one attached hydrogen (secondary N) is 1. The van der Waals surface area contributed by atoms with Crippen molar-refractivity contribution in [2.24, 2.45) is 0 Å². The third-order valence-corrected chi connectivity index (χ3v) is 6.28. The second kappa shape index (κ2) is 11.3. The molecule has 8 heteroatoms. The van der Waals surface area contributed by atoms with Crippen LogP contribution in [0.15, 0.2) is 54.6 Å². The summed E-state index contributed by atoms with van der Waals surface area (Å²) < 4.78 is 5.56. The van der Waals surface area contributed by atoms with Crippen molar-refractivity contribution in [3.63, 3.8) is 0 Å². The van der Waals surface area contributed by atoms with Gasteiger partial charge in [0.15, 0.2) is 5.82 Å². The molecule has 7 nitrogen and oxygen atoms in total. The van der Waals surface area contributed by atoms with Crippen LogP contribution in [0.2, 0.25) is 5.02 Å². The zero-order valence-corrected chi connectivity index (χ0v) is 22.2. The van der Waals surface area contributed by atoms with E-state index in [-0.39, 0.29) is 11.6 Å². The van der Waals surface area contributed by atoms with Gasteiger partial charge in [0.05, 0.1) is 12.3 Å². The number of aromatic nitrogens is 2. The number of ether oxygens (including phenoxy) is 1. The number of amides is 2. The Morgan fingerprint density at radius 2 is 1.67 bits per heavy atom. The molecule has 190 valence electrons. The molecule has 0 aliphatic carbocycles. The van der Waals surface area contributed by atoms with Crippen LogP contribution >= 0.6 is 11.6 Å². The molecule has 0 saturated carbocycles. The predicted molar refractivity (Wildman–Crippen MR) is 145 cm³/mol. The molecule has 1 aliphatic rings. The van der Waals surface area contributed by atoms with E-state index in [0.717, 1.165) is 28.2 Å². The SMILES string of the molecule is COCc1nc(-c2ccccc2)nc(N2CCN(C(=O)NC(C)(C)C)CC2)c1Cc1ccc(Cl)cc1. The summed E-state index contributed by atoms with van der Waals surface area (Å²) in [7, 11) is 1.68. The molecule has 0 radical (unpaired) electrons. The van der Waals surface area contributed by atoms with Crippen molar-refractivity contribution in [1.82, 2.24) is 20.2 Å². The zero-order chi connectivity index (χ0) is 25.7. The van der Waals surface area contributed by atoms with Gasteiger partial charge in [-0.1, -0.05) is 54.1 Å². The van der Waals surface area contributed by atoms with E-state index in [2.05, 4.69) is 10.2 Å². The number of nitrogens with zero attached hydrogens (tertiary/aromatic N) is 4. The van der Waals surface area contributed by atoms with Crippen LogP contribution in [0.3, 0.4) is 0 Å². The molecule has 0 unspecified atom stereocenters. The van der Waals surface area contributed by atoms with Crippen LogP contribution in [0.4, 0.5) is 10.6 Å². The molecule has 2 aromatic carbocycles. The number of hydrogen-bond donors (Lipinski definition) is 1. The van der Waals surface area contributed by atoms with Gasteiger partial charge in [0.25, 0.3) is 0 Å². The Balaban J connectivity index is 1.69. The first-order valence-corrected chi connectivity index (χ1v) is 12.6. The second-order valence-corrected chi connectivity index (χ2v) is 10.5. The maximum Gasteiger partial charge on any atom is 0.317 e. The molecule has 36 heavy (non-hydrogen) atoms. The maximum atomic E-state index is 12.7. The van der Waals surface area contributed by atoms with Crippen molar-refractivity contribution in [3.05, 3.63) is 76.4 Å². The van der Waals surface area contributed by atoms with E-state index >= 15 is 0 Å². The summed E-state index contributed by atoms with van der Waals surface area (Å²) in [5, 5.41) is 3.77. The monoisotopic (exact) mass is 507 g/mol. The van der Waals surface area contributed by atoms with Gasteiger partial charge in [-0.15, -0.1) is 0 Å². The van der Waals surface area contributed by atoms with Gasteiger partial charge in [-0.05, 0) is 38.5 Å². The molecule has 0 spiro atoms. The van der Waals surface area contributed by atoms with E-state index in [1.165, 1.54) is 0 Å². The van der Waals surface area contributed by atoms with Crippen molar-refractivity contribution in [2.75, 3.05) is 38.2 Å². The van der Waals surface area contributed by atoms with E-state index < -0.39 is 0 Å². The van der Waals surface area contributed by atoms with Gasteiger partial charge >= 0.3 is 6.03 Å². The smallest absolute Gasteiger partial charge is 0.317 e. The Morgan fingerprint density at radius 3 is 2.28 bits per heavy atom. The van der Waals surface area contributed by atoms with Crippen LogP contribution < -0.4 is 10.2 Å². The summed E-state index contributed by atoms with van der Waals surface area (Å²) in [6, 6.07) is 17.8. The zero-order valence-electron chi connectivity index (χ0n) is 21.4.